The molecule has 0 atom stereocenters. The fraction of sp³-hybridized carbons (Fsp3) is 0.522. The van der Waals surface area contributed by atoms with Crippen LogP contribution in [0.5, 0.6) is 0 Å². The van der Waals surface area contributed by atoms with Gasteiger partial charge in [-0.15, -0.1) is 0 Å². The first kappa shape index (κ1) is 19.7. The number of rotatable bonds is 6. The standard InChI is InChI=1S/C23H28N4O2S/c28-20(15-30-22-24-6-7-27(22)14-16-4-2-1-3-5-16)25-21(29)26-23-11-17-8-18(12-23)10-19(9-17)13-23/h1-7,17-19H,8-15H2,(H2,25,26,28,29). The fourth-order valence-corrected chi connectivity index (χ4v) is 6.92. The second-order valence-electron chi connectivity index (χ2n) is 9.31. The first-order valence-electron chi connectivity index (χ1n) is 10.9. The van der Waals surface area contributed by atoms with Crippen LogP contribution in [-0.4, -0.2) is 32.8 Å². The van der Waals surface area contributed by atoms with Crippen molar-refractivity contribution < 1.29 is 9.59 Å². The number of benzene rings is 1. The molecule has 1 aromatic carbocycles. The van der Waals surface area contributed by atoms with E-state index in [0.717, 1.165) is 42.2 Å². The highest BCUT2D eigenvalue weighted by Crippen LogP contribution is 2.55. The van der Waals surface area contributed by atoms with Gasteiger partial charge in [-0.25, -0.2) is 9.78 Å². The van der Waals surface area contributed by atoms with E-state index in [9.17, 15) is 9.59 Å². The summed E-state index contributed by atoms with van der Waals surface area (Å²) in [6.07, 6.45) is 10.9. The van der Waals surface area contributed by atoms with Crippen LogP contribution in [0.25, 0.3) is 0 Å². The summed E-state index contributed by atoms with van der Waals surface area (Å²) in [6.45, 7) is 0.706. The van der Waals surface area contributed by atoms with Crippen molar-refractivity contribution in [2.24, 2.45) is 17.8 Å². The zero-order valence-electron chi connectivity index (χ0n) is 17.0. The summed E-state index contributed by atoms with van der Waals surface area (Å²) in [5.74, 6) is 2.15. The predicted molar refractivity (Wildman–Crippen MR) is 116 cm³/mol. The van der Waals surface area contributed by atoms with Crippen LogP contribution < -0.4 is 10.6 Å². The molecule has 6 nitrogen and oxygen atoms in total. The summed E-state index contributed by atoms with van der Waals surface area (Å²) >= 11 is 1.35. The number of nitrogens with one attached hydrogen (secondary N) is 2. The summed E-state index contributed by atoms with van der Waals surface area (Å²) in [5.41, 5.74) is 1.09. The topological polar surface area (TPSA) is 76.0 Å². The Hall–Kier alpha value is -2.28. The van der Waals surface area contributed by atoms with Crippen molar-refractivity contribution >= 4 is 23.7 Å². The molecular weight excluding hydrogens is 396 g/mol. The number of imide groups is 1. The SMILES string of the molecule is O=C(CSc1nccn1Cc1ccccc1)NC(=O)NC12CC3CC(CC(C3)C1)C2. The van der Waals surface area contributed by atoms with Crippen molar-refractivity contribution in [3.05, 3.63) is 48.3 Å². The molecule has 0 saturated heterocycles. The van der Waals surface area contributed by atoms with Gasteiger partial charge >= 0.3 is 6.03 Å². The number of hydrogen-bond acceptors (Lipinski definition) is 4. The molecule has 30 heavy (non-hydrogen) atoms. The van der Waals surface area contributed by atoms with E-state index in [1.54, 1.807) is 6.20 Å². The smallest absolute Gasteiger partial charge is 0.321 e. The van der Waals surface area contributed by atoms with E-state index in [1.165, 1.54) is 36.6 Å². The highest BCUT2D eigenvalue weighted by atomic mass is 32.2. The van der Waals surface area contributed by atoms with Gasteiger partial charge in [-0.3, -0.25) is 10.1 Å². The Balaban J connectivity index is 1.12. The Morgan fingerprint density at radius 2 is 1.73 bits per heavy atom. The van der Waals surface area contributed by atoms with Crippen LogP contribution in [0, 0.1) is 17.8 Å². The van der Waals surface area contributed by atoms with E-state index in [0.29, 0.717) is 6.54 Å². The van der Waals surface area contributed by atoms with Gasteiger partial charge in [0.25, 0.3) is 0 Å². The second-order valence-corrected chi connectivity index (χ2v) is 10.3. The minimum absolute atomic E-state index is 0.0851. The van der Waals surface area contributed by atoms with Gasteiger partial charge < -0.3 is 9.88 Å². The largest absolute Gasteiger partial charge is 0.332 e. The molecule has 0 spiro atoms. The van der Waals surface area contributed by atoms with Gasteiger partial charge in [0.15, 0.2) is 5.16 Å². The monoisotopic (exact) mass is 424 g/mol. The highest BCUT2D eigenvalue weighted by Gasteiger charge is 2.51. The van der Waals surface area contributed by atoms with Gasteiger partial charge in [0.2, 0.25) is 5.91 Å². The molecule has 4 fully saturated rings. The molecule has 4 aliphatic rings. The van der Waals surface area contributed by atoms with Crippen molar-refractivity contribution in [1.82, 2.24) is 20.2 Å². The number of carbonyl (C=O) groups excluding carboxylic acids is 2. The quantitative estimate of drug-likeness (QED) is 0.692. The van der Waals surface area contributed by atoms with Crippen molar-refractivity contribution in [3.8, 4) is 0 Å². The maximum atomic E-state index is 12.5. The third-order valence-corrected chi connectivity index (χ3v) is 7.88. The third-order valence-electron chi connectivity index (χ3n) is 6.88. The van der Waals surface area contributed by atoms with Crippen LogP contribution in [0.2, 0.25) is 0 Å². The molecule has 7 heteroatoms. The van der Waals surface area contributed by atoms with Gasteiger partial charge in [-0.1, -0.05) is 42.1 Å². The molecule has 4 aliphatic carbocycles. The summed E-state index contributed by atoms with van der Waals surface area (Å²) in [6, 6.07) is 9.80. The van der Waals surface area contributed by atoms with Crippen molar-refractivity contribution in [2.75, 3.05) is 5.75 Å². The maximum absolute atomic E-state index is 12.5. The average molecular weight is 425 g/mol. The zero-order valence-corrected chi connectivity index (χ0v) is 17.9. The molecule has 158 valence electrons. The molecule has 0 radical (unpaired) electrons. The van der Waals surface area contributed by atoms with Crippen LogP contribution in [-0.2, 0) is 11.3 Å². The van der Waals surface area contributed by atoms with Crippen LogP contribution in [0.15, 0.2) is 47.9 Å². The van der Waals surface area contributed by atoms with Crippen LogP contribution in [0.4, 0.5) is 4.79 Å². The van der Waals surface area contributed by atoms with Gasteiger partial charge in [-0.2, -0.15) is 0 Å². The Bertz CT molecular complexity index is 891. The normalized spacial score (nSPS) is 29.0. The molecule has 1 heterocycles. The fourth-order valence-electron chi connectivity index (χ4n) is 6.16. The summed E-state index contributed by atoms with van der Waals surface area (Å²) in [4.78, 5) is 29.3. The summed E-state index contributed by atoms with van der Waals surface area (Å²) < 4.78 is 2.02. The maximum Gasteiger partial charge on any atom is 0.321 e. The van der Waals surface area contributed by atoms with E-state index in [1.807, 2.05) is 29.0 Å². The van der Waals surface area contributed by atoms with Gasteiger partial charge in [0.05, 0.1) is 5.75 Å². The van der Waals surface area contributed by atoms with Crippen molar-refractivity contribution in [1.29, 1.82) is 0 Å². The van der Waals surface area contributed by atoms with Crippen LogP contribution in [0.1, 0.15) is 44.1 Å². The molecular formula is C23H28N4O2S. The Morgan fingerprint density at radius 1 is 1.07 bits per heavy atom. The summed E-state index contributed by atoms with van der Waals surface area (Å²) in [7, 11) is 0. The molecule has 4 saturated carbocycles. The average Bonchev–Trinajstić information content (AvgIpc) is 3.12. The lowest BCUT2D eigenvalue weighted by Crippen LogP contribution is -2.61. The first-order chi connectivity index (χ1) is 14.6. The second kappa shape index (κ2) is 8.10. The zero-order chi connectivity index (χ0) is 20.6. The Morgan fingerprint density at radius 3 is 2.40 bits per heavy atom. The first-order valence-corrected chi connectivity index (χ1v) is 11.9. The highest BCUT2D eigenvalue weighted by molar-refractivity contribution is 7.99. The number of amides is 3. The lowest BCUT2D eigenvalue weighted by Gasteiger charge is -2.56. The minimum Gasteiger partial charge on any atom is -0.332 e. The molecule has 0 aliphatic heterocycles. The summed E-state index contributed by atoms with van der Waals surface area (Å²) in [5, 5.41) is 6.50. The van der Waals surface area contributed by atoms with Gasteiger partial charge in [0.1, 0.15) is 0 Å². The Labute approximate surface area is 181 Å². The molecule has 1 aromatic heterocycles. The van der Waals surface area contributed by atoms with E-state index in [2.05, 4.69) is 27.8 Å². The number of thioether (sulfide) groups is 1. The minimum atomic E-state index is -0.338. The molecule has 0 unspecified atom stereocenters. The molecule has 2 N–H and O–H groups in total. The molecule has 3 amide bonds. The van der Waals surface area contributed by atoms with Crippen molar-refractivity contribution in [2.45, 2.75) is 55.8 Å². The number of urea groups is 1. The van der Waals surface area contributed by atoms with Gasteiger partial charge in [0, 0.05) is 24.5 Å². The molecule has 2 aromatic rings. The number of carbonyl (C=O) groups is 2. The third kappa shape index (κ3) is 4.26. The van der Waals surface area contributed by atoms with Crippen molar-refractivity contribution in [3.63, 3.8) is 0 Å². The number of imidazole rings is 1. The van der Waals surface area contributed by atoms with E-state index >= 15 is 0 Å². The molecule has 6 rings (SSSR count). The van der Waals surface area contributed by atoms with Crippen LogP contribution >= 0.6 is 11.8 Å². The van der Waals surface area contributed by atoms with Crippen LogP contribution in [0.3, 0.4) is 0 Å². The molecule has 4 bridgehead atoms. The number of aromatic nitrogens is 2. The predicted octanol–water partition coefficient (Wildman–Crippen LogP) is 3.82. The van der Waals surface area contributed by atoms with E-state index in [-0.39, 0.29) is 23.2 Å². The lowest BCUT2D eigenvalue weighted by molar-refractivity contribution is -0.117. The van der Waals surface area contributed by atoms with Gasteiger partial charge in [-0.05, 0) is 61.8 Å². The van der Waals surface area contributed by atoms with E-state index < -0.39 is 0 Å². The number of hydrogen-bond donors (Lipinski definition) is 2. The Kier molecular flexibility index (Phi) is 5.31. The van der Waals surface area contributed by atoms with E-state index in [4.69, 9.17) is 0 Å². The number of nitrogens with zero attached hydrogens (tertiary/aromatic N) is 2. The lowest BCUT2D eigenvalue weighted by atomic mass is 9.53.